The highest BCUT2D eigenvalue weighted by Gasteiger charge is 2.50. The molecular weight excluding hydrogens is 438 g/mol. The van der Waals surface area contributed by atoms with Crippen molar-refractivity contribution in [3.05, 3.63) is 0 Å². The topological polar surface area (TPSA) is 90.2 Å². The first-order valence-corrected chi connectivity index (χ1v) is 14.7. The Morgan fingerprint density at radius 3 is 1.76 bits per heavy atom. The van der Waals surface area contributed by atoms with Crippen LogP contribution in [-0.4, -0.2) is 74.8 Å². The Morgan fingerprint density at radius 1 is 0.818 bits per heavy atom. The summed E-state index contributed by atoms with van der Waals surface area (Å²) in [7, 11) is 0. The minimum Gasteiger partial charge on any atom is -0.394 e. The van der Waals surface area contributed by atoms with Gasteiger partial charge in [-0.3, -0.25) is 4.79 Å². The number of hydrogen-bond donors (Lipinski definition) is 3. The van der Waals surface area contributed by atoms with Crippen molar-refractivity contribution in [2.24, 2.45) is 0 Å². The zero-order valence-corrected chi connectivity index (χ0v) is 21.7. The molecule has 0 radical (unpaired) electrons. The van der Waals surface area contributed by atoms with Gasteiger partial charge in [-0.1, -0.05) is 103 Å². The average Bonchev–Trinajstić information content (AvgIpc) is 3.32. The average molecular weight is 488 g/mol. The van der Waals surface area contributed by atoms with Crippen LogP contribution in [0.15, 0.2) is 0 Å². The normalized spacial score (nSPS) is 27.7. The van der Waals surface area contributed by atoms with Gasteiger partial charge in [-0.15, -0.1) is 11.8 Å². The summed E-state index contributed by atoms with van der Waals surface area (Å²) in [5.41, 5.74) is 0. The molecule has 0 aromatic rings. The number of hydrogen-bond acceptors (Lipinski definition) is 6. The molecule has 6 nitrogen and oxygen atoms in total. The maximum Gasteiger partial charge on any atom is 0.233 e. The van der Waals surface area contributed by atoms with Gasteiger partial charge in [0.05, 0.1) is 12.4 Å². The van der Waals surface area contributed by atoms with E-state index in [1.807, 2.05) is 0 Å². The molecular formula is C26H49NO5S. The van der Waals surface area contributed by atoms with Gasteiger partial charge in [0.1, 0.15) is 29.8 Å². The Labute approximate surface area is 205 Å². The Kier molecular flexibility index (Phi) is 15.0. The summed E-state index contributed by atoms with van der Waals surface area (Å²) in [5, 5.41) is 29.3. The van der Waals surface area contributed by atoms with Gasteiger partial charge in [0.25, 0.3) is 0 Å². The number of unbranched alkanes of at least 4 members (excludes halogenated alkanes) is 15. The molecule has 2 aliphatic heterocycles. The quantitative estimate of drug-likeness (QED) is 0.230. The Hall–Kier alpha value is -0.340. The molecule has 2 fully saturated rings. The Balaban J connectivity index is 1.46. The molecule has 0 aromatic carbocycles. The van der Waals surface area contributed by atoms with Crippen LogP contribution in [0.5, 0.6) is 0 Å². The number of carbonyl (C=O) groups excluding carboxylic acids is 1. The van der Waals surface area contributed by atoms with Crippen molar-refractivity contribution in [1.29, 1.82) is 0 Å². The molecule has 3 N–H and O–H groups in total. The zero-order chi connectivity index (χ0) is 23.9. The van der Waals surface area contributed by atoms with E-state index in [1.54, 1.807) is 4.90 Å². The van der Waals surface area contributed by atoms with Gasteiger partial charge in [0, 0.05) is 6.54 Å². The number of ether oxygens (including phenoxy) is 1. The van der Waals surface area contributed by atoms with Crippen molar-refractivity contribution in [3.63, 3.8) is 0 Å². The first-order valence-electron chi connectivity index (χ1n) is 13.6. The molecule has 5 atom stereocenters. The summed E-state index contributed by atoms with van der Waals surface area (Å²) in [6.07, 6.45) is 17.5. The second-order valence-electron chi connectivity index (χ2n) is 9.89. The summed E-state index contributed by atoms with van der Waals surface area (Å²) < 4.78 is 5.67. The van der Waals surface area contributed by atoms with Gasteiger partial charge >= 0.3 is 0 Å². The van der Waals surface area contributed by atoms with E-state index in [2.05, 4.69) is 6.92 Å². The van der Waals surface area contributed by atoms with Gasteiger partial charge in [-0.05, 0) is 6.42 Å². The highest BCUT2D eigenvalue weighted by atomic mass is 32.2. The fourth-order valence-electron chi connectivity index (χ4n) is 4.99. The Morgan fingerprint density at radius 2 is 1.30 bits per heavy atom. The lowest BCUT2D eigenvalue weighted by Crippen LogP contribution is -2.46. The van der Waals surface area contributed by atoms with Crippen molar-refractivity contribution in [3.8, 4) is 0 Å². The van der Waals surface area contributed by atoms with Crippen LogP contribution in [0.1, 0.15) is 110 Å². The van der Waals surface area contributed by atoms with Crippen LogP contribution in [0.4, 0.5) is 0 Å². The van der Waals surface area contributed by atoms with Gasteiger partial charge in [0.15, 0.2) is 0 Å². The standard InChI is InChI=1S/C26H49NO5S/c1-2-3-4-5-6-7-8-9-10-11-12-13-14-15-16-17-18-27-22(29)20-33-26(27)25-24(31)23(30)21(19-28)32-25/h21,23-26,28,30-31H,2-20H2,1H3/t21-,23-,24+,25+,26+/m1/s1. The highest BCUT2D eigenvalue weighted by molar-refractivity contribution is 8.01. The predicted molar refractivity (Wildman–Crippen MR) is 135 cm³/mol. The molecule has 0 saturated carbocycles. The summed E-state index contributed by atoms with van der Waals surface area (Å²) in [6.45, 7) is 2.60. The third-order valence-electron chi connectivity index (χ3n) is 7.12. The van der Waals surface area contributed by atoms with Crippen molar-refractivity contribution < 1.29 is 24.9 Å². The van der Waals surface area contributed by atoms with Crippen molar-refractivity contribution in [2.75, 3.05) is 18.9 Å². The number of thioether (sulfide) groups is 1. The van der Waals surface area contributed by atoms with Crippen LogP contribution >= 0.6 is 11.8 Å². The fraction of sp³-hybridized carbons (Fsp3) is 0.962. The third-order valence-corrected chi connectivity index (χ3v) is 8.40. The number of rotatable bonds is 19. The minimum atomic E-state index is -1.10. The second-order valence-corrected chi connectivity index (χ2v) is 11.0. The Bertz CT molecular complexity index is 523. The van der Waals surface area contributed by atoms with Gasteiger partial charge in [-0.2, -0.15) is 0 Å². The van der Waals surface area contributed by atoms with Gasteiger partial charge in [-0.25, -0.2) is 0 Å². The molecule has 0 spiro atoms. The lowest BCUT2D eigenvalue weighted by atomic mass is 10.0. The zero-order valence-electron chi connectivity index (χ0n) is 20.8. The molecule has 0 aromatic heterocycles. The first-order chi connectivity index (χ1) is 16.1. The smallest absolute Gasteiger partial charge is 0.233 e. The van der Waals surface area contributed by atoms with E-state index in [0.29, 0.717) is 12.3 Å². The molecule has 2 saturated heterocycles. The number of aliphatic hydroxyl groups is 3. The first kappa shape index (κ1) is 28.9. The lowest BCUT2D eigenvalue weighted by Gasteiger charge is -2.29. The van der Waals surface area contributed by atoms with Crippen LogP contribution < -0.4 is 0 Å². The molecule has 2 heterocycles. The van der Waals surface area contributed by atoms with Crippen LogP contribution in [0.25, 0.3) is 0 Å². The number of amides is 1. The minimum absolute atomic E-state index is 0.0729. The van der Waals surface area contributed by atoms with E-state index < -0.39 is 24.4 Å². The summed E-state index contributed by atoms with van der Waals surface area (Å²) in [4.78, 5) is 14.1. The lowest BCUT2D eigenvalue weighted by molar-refractivity contribution is -0.131. The summed E-state index contributed by atoms with van der Waals surface area (Å²) in [5.74, 6) is 0.458. The number of aliphatic hydroxyl groups excluding tert-OH is 3. The third kappa shape index (κ3) is 10.0. The molecule has 194 valence electrons. The maximum atomic E-state index is 12.3. The predicted octanol–water partition coefficient (Wildman–Crippen LogP) is 4.63. The van der Waals surface area contributed by atoms with Gasteiger partial charge < -0.3 is 25.0 Å². The summed E-state index contributed by atoms with van der Waals surface area (Å²) >= 11 is 1.46. The second kappa shape index (κ2) is 17.1. The van der Waals surface area contributed by atoms with E-state index in [0.717, 1.165) is 12.8 Å². The molecule has 2 aliphatic rings. The number of carbonyl (C=O) groups is 1. The van der Waals surface area contributed by atoms with E-state index in [9.17, 15) is 20.1 Å². The van der Waals surface area contributed by atoms with Gasteiger partial charge in [0.2, 0.25) is 5.91 Å². The van der Waals surface area contributed by atoms with E-state index in [4.69, 9.17) is 4.74 Å². The molecule has 2 rings (SSSR count). The number of nitrogens with zero attached hydrogens (tertiary/aromatic N) is 1. The summed E-state index contributed by atoms with van der Waals surface area (Å²) in [6, 6.07) is 0. The van der Waals surface area contributed by atoms with Crippen molar-refractivity contribution >= 4 is 17.7 Å². The van der Waals surface area contributed by atoms with E-state index in [-0.39, 0.29) is 17.9 Å². The maximum absolute atomic E-state index is 12.3. The van der Waals surface area contributed by atoms with E-state index in [1.165, 1.54) is 102 Å². The fourth-order valence-corrected chi connectivity index (χ4v) is 6.29. The van der Waals surface area contributed by atoms with Crippen LogP contribution in [-0.2, 0) is 9.53 Å². The van der Waals surface area contributed by atoms with Crippen LogP contribution in [0.3, 0.4) is 0 Å². The SMILES string of the molecule is CCCCCCCCCCCCCCCCCCN1C(=O)CS[C@H]1[C@H]1O[C@H](CO)[C@@H](O)[C@@H]1O. The van der Waals surface area contributed by atoms with Crippen LogP contribution in [0, 0.1) is 0 Å². The van der Waals surface area contributed by atoms with Crippen molar-refractivity contribution in [1.82, 2.24) is 4.90 Å². The van der Waals surface area contributed by atoms with E-state index >= 15 is 0 Å². The largest absolute Gasteiger partial charge is 0.394 e. The molecule has 0 bridgehead atoms. The molecule has 33 heavy (non-hydrogen) atoms. The van der Waals surface area contributed by atoms with Crippen LogP contribution in [0.2, 0.25) is 0 Å². The monoisotopic (exact) mass is 487 g/mol. The molecule has 0 aliphatic carbocycles. The highest BCUT2D eigenvalue weighted by Crippen LogP contribution is 2.35. The molecule has 7 heteroatoms. The molecule has 1 amide bonds. The van der Waals surface area contributed by atoms with Crippen molar-refractivity contribution in [2.45, 2.75) is 139 Å². The molecule has 0 unspecified atom stereocenters.